The van der Waals surface area contributed by atoms with Crippen molar-refractivity contribution in [2.24, 2.45) is 13.0 Å². The summed E-state index contributed by atoms with van der Waals surface area (Å²) in [5.41, 5.74) is 4.02. The van der Waals surface area contributed by atoms with Crippen molar-refractivity contribution in [2.45, 2.75) is 62.9 Å². The van der Waals surface area contributed by atoms with Crippen molar-refractivity contribution in [3.8, 4) is 0 Å². The van der Waals surface area contributed by atoms with E-state index in [2.05, 4.69) is 21.8 Å². The maximum Gasteiger partial charge on any atom is 0.231 e. The van der Waals surface area contributed by atoms with E-state index < -0.39 is 11.0 Å². The molecule has 0 aliphatic heterocycles. The molecule has 2 aliphatic rings. The summed E-state index contributed by atoms with van der Waals surface area (Å²) in [4.78, 5) is 20.9. The lowest BCUT2D eigenvalue weighted by Crippen LogP contribution is -2.34. The first kappa shape index (κ1) is 30.1. The first-order valence-corrected chi connectivity index (χ1v) is 16.0. The van der Waals surface area contributed by atoms with E-state index in [1.54, 1.807) is 42.6 Å². The molecule has 1 saturated carbocycles. The van der Waals surface area contributed by atoms with Gasteiger partial charge in [-0.2, -0.15) is 0 Å². The fourth-order valence-electron chi connectivity index (χ4n) is 5.59. The molecule has 3 aromatic carbocycles. The average Bonchev–Trinajstić information content (AvgIpc) is 3.71. The zero-order chi connectivity index (χ0) is 29.8. The van der Waals surface area contributed by atoms with E-state index in [1.165, 1.54) is 17.7 Å². The second kappa shape index (κ2) is 13.3. The predicted octanol–water partition coefficient (Wildman–Crippen LogP) is 7.27. The Hall–Kier alpha value is -3.33. The Morgan fingerprint density at radius 1 is 1.14 bits per heavy atom. The van der Waals surface area contributed by atoms with Gasteiger partial charge in [0, 0.05) is 42.1 Å². The van der Waals surface area contributed by atoms with Crippen LogP contribution in [0, 0.1) is 11.7 Å². The molecule has 4 aromatic rings. The topological polar surface area (TPSA) is 67.2 Å². The zero-order valence-electron chi connectivity index (χ0n) is 24.1. The molecule has 1 heterocycles. The number of halogens is 2. The quantitative estimate of drug-likeness (QED) is 0.229. The summed E-state index contributed by atoms with van der Waals surface area (Å²) in [6, 6.07) is 19.5. The van der Waals surface area contributed by atoms with Gasteiger partial charge in [0.15, 0.2) is 0 Å². The number of imidazole rings is 1. The molecule has 0 radical (unpaired) electrons. The van der Waals surface area contributed by atoms with Crippen LogP contribution in [0.15, 0.2) is 84.0 Å². The Morgan fingerprint density at radius 2 is 1.93 bits per heavy atom. The summed E-state index contributed by atoms with van der Waals surface area (Å²) in [6.07, 6.45) is 7.08. The van der Waals surface area contributed by atoms with Gasteiger partial charge in [-0.25, -0.2) is 18.3 Å². The molecule has 0 bridgehead atoms. The molecule has 9 heteroatoms. The van der Waals surface area contributed by atoms with Crippen molar-refractivity contribution < 1.29 is 13.4 Å². The van der Waals surface area contributed by atoms with Crippen molar-refractivity contribution in [1.29, 1.82) is 0 Å². The third-order valence-corrected chi connectivity index (χ3v) is 9.32. The van der Waals surface area contributed by atoms with Crippen LogP contribution in [0.2, 0.25) is 5.02 Å². The van der Waals surface area contributed by atoms with Crippen LogP contribution in [0.5, 0.6) is 0 Å². The summed E-state index contributed by atoms with van der Waals surface area (Å²) >= 11 is 6.13. The standard InChI is InChI=1S/C31H30ClFN4O2S.C2H6/c1-36-15-14-34-30(36)19-37(31(38)28-18-26(28)21-8-11-23(33)12-9-21)24-13-10-20-4-2-7-29(27(20)17-24)35-40(39)25-6-3-5-22(32)16-25;1-2/h3,5-6,8-17,26,28-29,35H,2,4,7,18-19H2,1H3;1-2H3. The minimum Gasteiger partial charge on any atom is -0.337 e. The number of benzene rings is 3. The maximum absolute atomic E-state index is 14.0. The van der Waals surface area contributed by atoms with Crippen LogP contribution in [0.3, 0.4) is 0 Å². The number of anilines is 1. The summed E-state index contributed by atoms with van der Waals surface area (Å²) in [6.45, 7) is 4.33. The van der Waals surface area contributed by atoms with Gasteiger partial charge in [-0.1, -0.05) is 49.7 Å². The molecule has 1 amide bonds. The first-order chi connectivity index (χ1) is 20.4. The van der Waals surface area contributed by atoms with Crippen molar-refractivity contribution in [3.63, 3.8) is 0 Å². The average molecular weight is 607 g/mol. The zero-order valence-corrected chi connectivity index (χ0v) is 25.7. The van der Waals surface area contributed by atoms with Crippen molar-refractivity contribution in [1.82, 2.24) is 14.3 Å². The van der Waals surface area contributed by atoms with Crippen LogP contribution in [0.1, 0.15) is 67.6 Å². The Balaban J connectivity index is 0.00000173. The maximum atomic E-state index is 14.0. The molecule has 0 spiro atoms. The van der Waals surface area contributed by atoms with Crippen LogP contribution in [0.25, 0.3) is 0 Å². The Bertz CT molecular complexity index is 1570. The lowest BCUT2D eigenvalue weighted by Gasteiger charge is -2.29. The number of carbonyl (C=O) groups is 1. The van der Waals surface area contributed by atoms with Crippen LogP contribution in [-0.2, 0) is 35.8 Å². The normalized spacial score (nSPS) is 19.7. The number of carbonyl (C=O) groups excluding carboxylic acids is 1. The summed E-state index contributed by atoms with van der Waals surface area (Å²) in [5, 5.41) is 0.543. The number of aryl methyl sites for hydroxylation is 2. The van der Waals surface area contributed by atoms with Crippen LogP contribution < -0.4 is 9.62 Å². The van der Waals surface area contributed by atoms with Crippen LogP contribution >= 0.6 is 11.6 Å². The number of hydrogen-bond donors (Lipinski definition) is 1. The van der Waals surface area contributed by atoms with Gasteiger partial charge >= 0.3 is 0 Å². The molecule has 2 aliphatic carbocycles. The second-order valence-electron chi connectivity index (χ2n) is 10.6. The van der Waals surface area contributed by atoms with E-state index in [0.717, 1.165) is 48.3 Å². The molecule has 6 rings (SSSR count). The van der Waals surface area contributed by atoms with Gasteiger partial charge in [0.05, 0.1) is 11.4 Å². The molecular formula is C33H36ClFN4O2S. The summed E-state index contributed by atoms with van der Waals surface area (Å²) < 4.78 is 31.9. The number of fused-ring (bicyclic) bond motifs is 1. The monoisotopic (exact) mass is 606 g/mol. The first-order valence-electron chi connectivity index (χ1n) is 14.5. The minimum atomic E-state index is -1.43. The van der Waals surface area contributed by atoms with Crippen molar-refractivity contribution in [3.05, 3.63) is 112 Å². The van der Waals surface area contributed by atoms with Crippen LogP contribution in [-0.4, -0.2) is 19.7 Å². The number of nitrogens with zero attached hydrogens (tertiary/aromatic N) is 3. The van der Waals surface area contributed by atoms with E-state index in [0.29, 0.717) is 16.5 Å². The van der Waals surface area contributed by atoms with Crippen molar-refractivity contribution >= 4 is 34.2 Å². The molecule has 4 unspecified atom stereocenters. The number of aromatic nitrogens is 2. The van der Waals surface area contributed by atoms with Gasteiger partial charge in [0.1, 0.15) is 22.6 Å². The number of hydrogen-bond acceptors (Lipinski definition) is 3. The van der Waals surface area contributed by atoms with Gasteiger partial charge < -0.3 is 9.47 Å². The highest BCUT2D eigenvalue weighted by Crippen LogP contribution is 2.49. The SMILES string of the molecule is CC.Cn1ccnc1CN(C(=O)C1CC1c1ccc(F)cc1)c1ccc2c(c1)C(NS(=O)c1cccc(Cl)c1)CCC2. The van der Waals surface area contributed by atoms with Gasteiger partial charge in [0.2, 0.25) is 5.91 Å². The number of amides is 1. The van der Waals surface area contributed by atoms with Gasteiger partial charge in [-0.3, -0.25) is 4.79 Å². The molecule has 1 fully saturated rings. The number of nitrogens with one attached hydrogen (secondary N) is 1. The molecule has 0 saturated heterocycles. The highest BCUT2D eigenvalue weighted by molar-refractivity contribution is 7.83. The molecular weight excluding hydrogens is 571 g/mol. The Labute approximate surface area is 254 Å². The minimum absolute atomic E-state index is 0.0279. The van der Waals surface area contributed by atoms with Crippen molar-refractivity contribution in [2.75, 3.05) is 4.90 Å². The molecule has 6 nitrogen and oxygen atoms in total. The van der Waals surface area contributed by atoms with Gasteiger partial charge in [-0.15, -0.1) is 0 Å². The number of rotatable bonds is 8. The molecule has 220 valence electrons. The molecule has 1 N–H and O–H groups in total. The highest BCUT2D eigenvalue weighted by atomic mass is 35.5. The fourth-order valence-corrected chi connectivity index (χ4v) is 6.92. The highest BCUT2D eigenvalue weighted by Gasteiger charge is 2.46. The second-order valence-corrected chi connectivity index (χ2v) is 12.2. The van der Waals surface area contributed by atoms with E-state index in [9.17, 15) is 13.4 Å². The Morgan fingerprint density at radius 3 is 2.64 bits per heavy atom. The predicted molar refractivity (Wildman–Crippen MR) is 166 cm³/mol. The fraction of sp³-hybridized carbons (Fsp3) is 0.333. The molecule has 4 atom stereocenters. The third kappa shape index (κ3) is 6.66. The van der Waals surface area contributed by atoms with Gasteiger partial charge in [-0.05, 0) is 90.8 Å². The van der Waals surface area contributed by atoms with E-state index >= 15 is 0 Å². The smallest absolute Gasteiger partial charge is 0.231 e. The third-order valence-electron chi connectivity index (χ3n) is 7.91. The molecule has 42 heavy (non-hydrogen) atoms. The van der Waals surface area contributed by atoms with E-state index in [-0.39, 0.29) is 29.6 Å². The van der Waals surface area contributed by atoms with E-state index in [4.69, 9.17) is 11.6 Å². The molecule has 1 aromatic heterocycles. The van der Waals surface area contributed by atoms with Crippen LogP contribution in [0.4, 0.5) is 10.1 Å². The van der Waals surface area contributed by atoms with E-state index in [1.807, 2.05) is 42.6 Å². The largest absolute Gasteiger partial charge is 0.337 e. The lowest BCUT2D eigenvalue weighted by atomic mass is 9.87. The van der Waals surface area contributed by atoms with Gasteiger partial charge in [0.25, 0.3) is 0 Å². The lowest BCUT2D eigenvalue weighted by molar-refractivity contribution is -0.120. The Kier molecular flexibility index (Phi) is 9.56. The summed E-state index contributed by atoms with van der Waals surface area (Å²) in [5.74, 6) is 0.425. The summed E-state index contributed by atoms with van der Waals surface area (Å²) in [7, 11) is 0.484.